The number of anilines is 1. The molecular weight excluding hydrogens is 264 g/mol. The van der Waals surface area contributed by atoms with Crippen molar-refractivity contribution in [3.05, 3.63) is 23.3 Å². The molecule has 100 valence electrons. The molecule has 1 aliphatic rings. The zero-order valence-electron chi connectivity index (χ0n) is 10.3. The van der Waals surface area contributed by atoms with Gasteiger partial charge >= 0.3 is 0 Å². The van der Waals surface area contributed by atoms with E-state index in [0.29, 0.717) is 11.7 Å². The largest absolute Gasteiger partial charge is 0.376 e. The predicted molar refractivity (Wildman–Crippen MR) is 71.4 cm³/mol. The fourth-order valence-electron chi connectivity index (χ4n) is 1.68. The molecule has 19 heavy (non-hydrogen) atoms. The summed E-state index contributed by atoms with van der Waals surface area (Å²) in [6, 6.07) is 1.86. The van der Waals surface area contributed by atoms with Gasteiger partial charge in [-0.05, 0) is 12.8 Å². The second kappa shape index (κ2) is 6.87. The first-order valence-electron chi connectivity index (χ1n) is 5.95. The molecule has 1 aromatic heterocycles. The predicted octanol–water partition coefficient (Wildman–Crippen LogP) is 1.26. The summed E-state index contributed by atoms with van der Waals surface area (Å²) in [6.07, 6.45) is 5.04. The quantitative estimate of drug-likeness (QED) is 0.625. The minimum Gasteiger partial charge on any atom is -0.376 e. The van der Waals surface area contributed by atoms with Crippen LogP contribution in [0.3, 0.4) is 0 Å². The summed E-state index contributed by atoms with van der Waals surface area (Å²) in [5.74, 6) is -0.401. The fraction of sp³-hybridized carbons (Fsp3) is 0.417. The van der Waals surface area contributed by atoms with E-state index in [0.717, 1.165) is 19.4 Å². The van der Waals surface area contributed by atoms with E-state index in [1.807, 2.05) is 6.07 Å². The molecule has 0 aliphatic carbocycles. The van der Waals surface area contributed by atoms with E-state index in [-0.39, 0.29) is 11.7 Å². The maximum absolute atomic E-state index is 11.8. The third kappa shape index (κ3) is 4.05. The molecule has 0 radical (unpaired) electrons. The molecule has 1 saturated heterocycles. The molecule has 6 nitrogen and oxygen atoms in total. The van der Waals surface area contributed by atoms with Gasteiger partial charge in [0.05, 0.1) is 6.10 Å². The number of aromatic nitrogens is 1. The van der Waals surface area contributed by atoms with Gasteiger partial charge in [-0.2, -0.15) is 5.26 Å². The van der Waals surface area contributed by atoms with E-state index in [1.165, 1.54) is 17.5 Å². The fourth-order valence-corrected chi connectivity index (χ4v) is 2.18. The molecule has 2 heterocycles. The van der Waals surface area contributed by atoms with Gasteiger partial charge in [0.1, 0.15) is 11.6 Å². The number of hydrogen-bond donors (Lipinski definition) is 2. The lowest BCUT2D eigenvalue weighted by atomic mass is 10.2. The van der Waals surface area contributed by atoms with Gasteiger partial charge in [0.25, 0.3) is 5.91 Å². The molecule has 0 bridgehead atoms. The van der Waals surface area contributed by atoms with Gasteiger partial charge in [0, 0.05) is 30.9 Å². The summed E-state index contributed by atoms with van der Waals surface area (Å²) < 4.78 is 5.39. The molecule has 1 fully saturated rings. The highest BCUT2D eigenvalue weighted by Crippen LogP contribution is 2.12. The number of thiazole rings is 1. The van der Waals surface area contributed by atoms with Gasteiger partial charge in [0.2, 0.25) is 0 Å². The van der Waals surface area contributed by atoms with Crippen molar-refractivity contribution < 1.29 is 9.53 Å². The van der Waals surface area contributed by atoms with Gasteiger partial charge < -0.3 is 15.4 Å². The van der Waals surface area contributed by atoms with E-state index < -0.39 is 5.91 Å². The highest BCUT2D eigenvalue weighted by molar-refractivity contribution is 7.13. The number of amides is 1. The van der Waals surface area contributed by atoms with E-state index in [1.54, 1.807) is 11.6 Å². The van der Waals surface area contributed by atoms with Crippen molar-refractivity contribution in [1.29, 1.82) is 5.26 Å². The van der Waals surface area contributed by atoms with Gasteiger partial charge in [-0.1, -0.05) is 0 Å². The third-order valence-corrected chi connectivity index (χ3v) is 3.36. The van der Waals surface area contributed by atoms with Crippen LogP contribution in [0, 0.1) is 11.3 Å². The number of nitriles is 1. The van der Waals surface area contributed by atoms with E-state index in [4.69, 9.17) is 10.00 Å². The van der Waals surface area contributed by atoms with Crippen LogP contribution in [0.5, 0.6) is 0 Å². The van der Waals surface area contributed by atoms with Crippen molar-refractivity contribution in [1.82, 2.24) is 10.3 Å². The zero-order chi connectivity index (χ0) is 13.5. The van der Waals surface area contributed by atoms with Crippen LogP contribution in [0.25, 0.3) is 0 Å². The lowest BCUT2D eigenvalue weighted by Crippen LogP contribution is -2.32. The monoisotopic (exact) mass is 278 g/mol. The van der Waals surface area contributed by atoms with Gasteiger partial charge in [-0.15, -0.1) is 11.3 Å². The van der Waals surface area contributed by atoms with Crippen LogP contribution < -0.4 is 10.6 Å². The Labute approximate surface area is 115 Å². The number of rotatable bonds is 5. The van der Waals surface area contributed by atoms with Crippen LogP contribution >= 0.6 is 11.3 Å². The first-order valence-corrected chi connectivity index (χ1v) is 6.83. The Bertz CT molecular complexity index is 486. The van der Waals surface area contributed by atoms with Crippen LogP contribution in [0.2, 0.25) is 0 Å². The Morgan fingerprint density at radius 3 is 3.26 bits per heavy atom. The normalized spacial score (nSPS) is 18.9. The standard InChI is InChI=1S/C12H14N4O2S/c13-6-9(7-16-12-14-3-5-19-12)11(17)15-8-10-2-1-4-18-10/h3,5,7,10H,1-2,4,8H2,(H,14,16)(H,15,17)/b9-7-. The molecule has 2 N–H and O–H groups in total. The van der Waals surface area contributed by atoms with Crippen molar-refractivity contribution in [2.24, 2.45) is 0 Å². The number of hydrogen-bond acceptors (Lipinski definition) is 6. The molecule has 1 amide bonds. The molecular formula is C12H14N4O2S. The van der Waals surface area contributed by atoms with Crippen LogP contribution in [-0.2, 0) is 9.53 Å². The van der Waals surface area contributed by atoms with Gasteiger partial charge in [-0.25, -0.2) is 4.98 Å². The molecule has 0 aromatic carbocycles. The Morgan fingerprint density at radius 1 is 1.74 bits per heavy atom. The number of nitrogens with one attached hydrogen (secondary N) is 2. The SMILES string of the molecule is N#C/C(=C/Nc1nccs1)C(=O)NCC1CCCO1. The van der Waals surface area contributed by atoms with Gasteiger partial charge in [0.15, 0.2) is 5.13 Å². The summed E-state index contributed by atoms with van der Waals surface area (Å²) in [5, 5.41) is 16.9. The Kier molecular flexibility index (Phi) is 4.89. The topological polar surface area (TPSA) is 87.0 Å². The maximum Gasteiger partial charge on any atom is 0.263 e. The van der Waals surface area contributed by atoms with Crippen molar-refractivity contribution >= 4 is 22.4 Å². The number of ether oxygens (including phenoxy) is 1. The van der Waals surface area contributed by atoms with Gasteiger partial charge in [-0.3, -0.25) is 4.79 Å². The summed E-state index contributed by atoms with van der Waals surface area (Å²) in [7, 11) is 0. The minimum atomic E-state index is -0.401. The molecule has 1 unspecified atom stereocenters. The molecule has 2 rings (SSSR count). The summed E-state index contributed by atoms with van der Waals surface area (Å²) in [5.41, 5.74) is 0.0215. The second-order valence-corrected chi connectivity index (χ2v) is 4.89. The average Bonchev–Trinajstić information content (AvgIpc) is 3.10. The summed E-state index contributed by atoms with van der Waals surface area (Å²) in [4.78, 5) is 15.8. The smallest absolute Gasteiger partial charge is 0.263 e. The first-order chi connectivity index (χ1) is 9.29. The average molecular weight is 278 g/mol. The van der Waals surface area contributed by atoms with E-state index in [2.05, 4.69) is 15.6 Å². The third-order valence-electron chi connectivity index (χ3n) is 2.65. The Morgan fingerprint density at radius 2 is 2.63 bits per heavy atom. The molecule has 0 saturated carbocycles. The molecule has 7 heteroatoms. The number of carbonyl (C=O) groups is 1. The minimum absolute atomic E-state index is 0.0215. The first kappa shape index (κ1) is 13.5. The Balaban J connectivity index is 1.84. The molecule has 1 atom stereocenters. The van der Waals surface area contributed by atoms with Crippen molar-refractivity contribution in [3.63, 3.8) is 0 Å². The van der Waals surface area contributed by atoms with Crippen molar-refractivity contribution in [2.45, 2.75) is 18.9 Å². The molecule has 1 aliphatic heterocycles. The lowest BCUT2D eigenvalue weighted by Gasteiger charge is -2.10. The lowest BCUT2D eigenvalue weighted by molar-refractivity contribution is -0.117. The van der Waals surface area contributed by atoms with Crippen molar-refractivity contribution in [3.8, 4) is 6.07 Å². The van der Waals surface area contributed by atoms with E-state index in [9.17, 15) is 4.79 Å². The second-order valence-electron chi connectivity index (χ2n) is 4.00. The summed E-state index contributed by atoms with van der Waals surface area (Å²) >= 11 is 1.39. The molecule has 0 spiro atoms. The molecule has 1 aromatic rings. The van der Waals surface area contributed by atoms with Crippen LogP contribution in [-0.4, -0.2) is 30.1 Å². The Hall–Kier alpha value is -1.91. The van der Waals surface area contributed by atoms with Crippen molar-refractivity contribution in [2.75, 3.05) is 18.5 Å². The highest BCUT2D eigenvalue weighted by Gasteiger charge is 2.17. The van der Waals surface area contributed by atoms with Crippen LogP contribution in [0.4, 0.5) is 5.13 Å². The highest BCUT2D eigenvalue weighted by atomic mass is 32.1. The number of carbonyl (C=O) groups excluding carboxylic acids is 1. The number of nitrogens with zero attached hydrogens (tertiary/aromatic N) is 2. The zero-order valence-corrected chi connectivity index (χ0v) is 11.1. The van der Waals surface area contributed by atoms with Crippen LogP contribution in [0.1, 0.15) is 12.8 Å². The summed E-state index contributed by atoms with van der Waals surface area (Å²) in [6.45, 7) is 1.18. The van der Waals surface area contributed by atoms with Crippen LogP contribution in [0.15, 0.2) is 23.3 Å². The maximum atomic E-state index is 11.8. The van der Waals surface area contributed by atoms with E-state index >= 15 is 0 Å².